The van der Waals surface area contributed by atoms with Gasteiger partial charge in [-0.3, -0.25) is 0 Å². The van der Waals surface area contributed by atoms with Crippen LogP contribution in [0.25, 0.3) is 22.8 Å². The Morgan fingerprint density at radius 2 is 1.68 bits per heavy atom. The predicted octanol–water partition coefficient (Wildman–Crippen LogP) is 3.42. The maximum Gasteiger partial charge on any atom is 0.258 e. The molecule has 2 aromatic carbocycles. The quantitative estimate of drug-likeness (QED) is 0.587. The van der Waals surface area contributed by atoms with Crippen LogP contribution < -0.4 is 4.74 Å². The van der Waals surface area contributed by atoms with Crippen LogP contribution >= 0.6 is 0 Å². The predicted molar refractivity (Wildman–Crippen MR) is 109 cm³/mol. The van der Waals surface area contributed by atoms with Gasteiger partial charge in [0.05, 0.1) is 6.61 Å². The summed E-state index contributed by atoms with van der Waals surface area (Å²) >= 11 is 0. The zero-order valence-electron chi connectivity index (χ0n) is 16.3. The van der Waals surface area contributed by atoms with Gasteiger partial charge in [-0.05, 0) is 49.9 Å². The first-order valence-corrected chi connectivity index (χ1v) is 9.81. The van der Waals surface area contributed by atoms with E-state index in [9.17, 15) is 0 Å². The van der Waals surface area contributed by atoms with Crippen LogP contribution in [0.5, 0.6) is 5.75 Å². The van der Waals surface area contributed by atoms with Crippen LogP contribution in [0, 0.1) is 0 Å². The Morgan fingerprint density at radius 3 is 2.43 bits per heavy atom. The summed E-state index contributed by atoms with van der Waals surface area (Å²) in [5.41, 5.74) is 1.83. The third-order valence-electron chi connectivity index (χ3n) is 5.04. The summed E-state index contributed by atoms with van der Waals surface area (Å²) < 4.78 is 11.3. The molecule has 28 heavy (non-hydrogen) atoms. The van der Waals surface area contributed by atoms with Crippen LogP contribution in [-0.4, -0.2) is 66.3 Å². The number of aromatic nitrogens is 2. The minimum absolute atomic E-state index is 0.528. The van der Waals surface area contributed by atoms with Gasteiger partial charge in [-0.1, -0.05) is 23.4 Å². The molecule has 1 aliphatic heterocycles. The molecule has 1 aliphatic rings. The SMILES string of the molecule is CN1CCN(CCCOc2ccc(-c3noc(-c4ccccc4)n3)cc2)CC1. The van der Waals surface area contributed by atoms with Crippen molar-refractivity contribution >= 4 is 0 Å². The molecule has 1 fully saturated rings. The van der Waals surface area contributed by atoms with Gasteiger partial charge in [-0.15, -0.1) is 0 Å². The van der Waals surface area contributed by atoms with E-state index in [1.807, 2.05) is 54.6 Å². The third-order valence-corrected chi connectivity index (χ3v) is 5.04. The second kappa shape index (κ2) is 8.99. The normalized spacial score (nSPS) is 15.6. The van der Waals surface area contributed by atoms with Gasteiger partial charge in [-0.25, -0.2) is 0 Å². The molecular formula is C22H26N4O2. The summed E-state index contributed by atoms with van der Waals surface area (Å²) in [6.07, 6.45) is 1.04. The molecule has 0 radical (unpaired) electrons. The van der Waals surface area contributed by atoms with Crippen molar-refractivity contribution in [1.82, 2.24) is 19.9 Å². The lowest BCUT2D eigenvalue weighted by atomic mass is 10.2. The second-order valence-electron chi connectivity index (χ2n) is 7.16. The van der Waals surface area contributed by atoms with Crippen LogP contribution in [0.3, 0.4) is 0 Å². The Labute approximate surface area is 165 Å². The molecule has 0 bridgehead atoms. The van der Waals surface area contributed by atoms with Crippen LogP contribution in [-0.2, 0) is 0 Å². The highest BCUT2D eigenvalue weighted by Crippen LogP contribution is 2.23. The van der Waals surface area contributed by atoms with Gasteiger partial charge in [0.1, 0.15) is 5.75 Å². The highest BCUT2D eigenvalue weighted by Gasteiger charge is 2.13. The van der Waals surface area contributed by atoms with Crippen molar-refractivity contribution in [1.29, 1.82) is 0 Å². The van der Waals surface area contributed by atoms with Crippen LogP contribution in [0.15, 0.2) is 59.1 Å². The number of ether oxygens (including phenoxy) is 1. The van der Waals surface area contributed by atoms with Crippen molar-refractivity contribution < 1.29 is 9.26 Å². The summed E-state index contributed by atoms with van der Waals surface area (Å²) in [4.78, 5) is 9.37. The molecule has 0 saturated carbocycles. The van der Waals surface area contributed by atoms with E-state index in [0.717, 1.165) is 62.6 Å². The molecule has 1 aromatic heterocycles. The van der Waals surface area contributed by atoms with Gasteiger partial charge in [0.25, 0.3) is 5.89 Å². The standard InChI is InChI=1S/C22H26N4O2/c1-25-13-15-26(16-14-25)12-5-17-27-20-10-8-18(9-11-20)21-23-22(28-24-21)19-6-3-2-4-7-19/h2-4,6-11H,5,12-17H2,1H3. The van der Waals surface area contributed by atoms with Gasteiger partial charge < -0.3 is 19.1 Å². The van der Waals surface area contributed by atoms with Crippen LogP contribution in [0.4, 0.5) is 0 Å². The molecule has 0 N–H and O–H groups in total. The van der Waals surface area contributed by atoms with E-state index in [0.29, 0.717) is 11.7 Å². The Morgan fingerprint density at radius 1 is 0.929 bits per heavy atom. The van der Waals surface area contributed by atoms with Crippen molar-refractivity contribution in [3.05, 3.63) is 54.6 Å². The lowest BCUT2D eigenvalue weighted by Crippen LogP contribution is -2.44. The zero-order chi connectivity index (χ0) is 19.2. The number of benzene rings is 2. The molecule has 0 atom stereocenters. The molecule has 6 heteroatoms. The highest BCUT2D eigenvalue weighted by atomic mass is 16.5. The van der Waals surface area contributed by atoms with Crippen molar-refractivity contribution in [2.75, 3.05) is 46.4 Å². The molecule has 146 valence electrons. The first kappa shape index (κ1) is 18.7. The molecule has 4 rings (SSSR count). The fourth-order valence-electron chi connectivity index (χ4n) is 3.29. The van der Waals surface area contributed by atoms with E-state index in [4.69, 9.17) is 9.26 Å². The maximum atomic E-state index is 5.88. The van der Waals surface area contributed by atoms with E-state index in [1.54, 1.807) is 0 Å². The van der Waals surface area contributed by atoms with Gasteiger partial charge in [0, 0.05) is 43.9 Å². The number of nitrogens with zero attached hydrogens (tertiary/aromatic N) is 4. The highest BCUT2D eigenvalue weighted by molar-refractivity contribution is 5.60. The maximum absolute atomic E-state index is 5.88. The molecule has 3 aromatic rings. The number of rotatable bonds is 7. The average Bonchev–Trinajstić information content (AvgIpc) is 3.24. The smallest absolute Gasteiger partial charge is 0.258 e. The van der Waals surface area contributed by atoms with Crippen LogP contribution in [0.2, 0.25) is 0 Å². The summed E-state index contributed by atoms with van der Waals surface area (Å²) in [5.74, 6) is 1.98. The summed E-state index contributed by atoms with van der Waals surface area (Å²) in [7, 11) is 2.18. The first-order valence-electron chi connectivity index (χ1n) is 9.81. The molecule has 0 aliphatic carbocycles. The van der Waals surface area contributed by atoms with Gasteiger partial charge >= 0.3 is 0 Å². The van der Waals surface area contributed by atoms with Crippen molar-refractivity contribution in [3.63, 3.8) is 0 Å². The van der Waals surface area contributed by atoms with E-state index in [1.165, 1.54) is 0 Å². The summed E-state index contributed by atoms with van der Waals surface area (Å²) in [5, 5.41) is 4.09. The van der Waals surface area contributed by atoms with Gasteiger partial charge in [0.2, 0.25) is 5.82 Å². The number of piperazine rings is 1. The summed E-state index contributed by atoms with van der Waals surface area (Å²) in [6, 6.07) is 17.6. The Bertz CT molecular complexity index is 856. The van der Waals surface area contributed by atoms with E-state index in [2.05, 4.69) is 27.0 Å². The van der Waals surface area contributed by atoms with Crippen molar-refractivity contribution in [2.45, 2.75) is 6.42 Å². The Balaban J connectivity index is 1.27. The topological polar surface area (TPSA) is 54.6 Å². The lowest BCUT2D eigenvalue weighted by Gasteiger charge is -2.32. The number of hydrogen-bond acceptors (Lipinski definition) is 6. The van der Waals surface area contributed by atoms with Crippen molar-refractivity contribution in [3.8, 4) is 28.6 Å². The molecule has 6 nitrogen and oxygen atoms in total. The van der Waals surface area contributed by atoms with Crippen LogP contribution in [0.1, 0.15) is 6.42 Å². The third kappa shape index (κ3) is 4.77. The van der Waals surface area contributed by atoms with E-state index < -0.39 is 0 Å². The number of hydrogen-bond donors (Lipinski definition) is 0. The fraction of sp³-hybridized carbons (Fsp3) is 0.364. The Kier molecular flexibility index (Phi) is 5.99. The lowest BCUT2D eigenvalue weighted by molar-refractivity contribution is 0.145. The fourth-order valence-corrected chi connectivity index (χ4v) is 3.29. The Hall–Kier alpha value is -2.70. The van der Waals surface area contributed by atoms with E-state index >= 15 is 0 Å². The molecule has 0 amide bonds. The molecule has 0 spiro atoms. The van der Waals surface area contributed by atoms with Gasteiger partial charge in [-0.2, -0.15) is 4.98 Å². The van der Waals surface area contributed by atoms with Gasteiger partial charge in [0.15, 0.2) is 0 Å². The van der Waals surface area contributed by atoms with Crippen molar-refractivity contribution in [2.24, 2.45) is 0 Å². The van der Waals surface area contributed by atoms with E-state index in [-0.39, 0.29) is 0 Å². The molecule has 1 saturated heterocycles. The number of likely N-dealkylation sites (N-methyl/N-ethyl adjacent to an activating group) is 1. The largest absolute Gasteiger partial charge is 0.494 e. The average molecular weight is 378 g/mol. The zero-order valence-corrected chi connectivity index (χ0v) is 16.3. The molecular weight excluding hydrogens is 352 g/mol. The second-order valence-corrected chi connectivity index (χ2v) is 7.16. The molecule has 0 unspecified atom stereocenters. The first-order chi connectivity index (χ1) is 13.8. The summed E-state index contributed by atoms with van der Waals surface area (Å²) in [6.45, 7) is 6.44. The minimum Gasteiger partial charge on any atom is -0.494 e. The minimum atomic E-state index is 0.528. The monoisotopic (exact) mass is 378 g/mol. The molecule has 2 heterocycles.